The maximum absolute atomic E-state index is 8.18. The quantitative estimate of drug-likeness (QED) is 0.346. The van der Waals surface area contributed by atoms with Gasteiger partial charge in [-0.3, -0.25) is 0 Å². The first-order valence-corrected chi connectivity index (χ1v) is 3.70. The molecule has 4 heteroatoms. The summed E-state index contributed by atoms with van der Waals surface area (Å²) in [6.45, 7) is 5.38. The second-order valence-corrected chi connectivity index (χ2v) is 1.83. The Labute approximate surface area is 67.1 Å². The first-order valence-electron chi connectivity index (χ1n) is 3.70. The Morgan fingerprint density at radius 1 is 1.36 bits per heavy atom. The minimum atomic E-state index is -0.301. The van der Waals surface area contributed by atoms with Crippen LogP contribution in [-0.2, 0) is 9.47 Å². The summed E-state index contributed by atoms with van der Waals surface area (Å²) in [5.74, 6) is 0. The zero-order chi connectivity index (χ0) is 8.53. The SMILES string of the molecule is CCOC(CNC#N)OCC. The molecule has 0 amide bonds. The normalized spacial score (nSPS) is 9.64. The van der Waals surface area contributed by atoms with Gasteiger partial charge < -0.3 is 14.8 Å². The lowest BCUT2D eigenvalue weighted by Gasteiger charge is -2.14. The van der Waals surface area contributed by atoms with Gasteiger partial charge in [0, 0.05) is 13.2 Å². The molecule has 1 N–H and O–H groups in total. The van der Waals surface area contributed by atoms with E-state index in [0.29, 0.717) is 19.8 Å². The van der Waals surface area contributed by atoms with Crippen LogP contribution in [0.1, 0.15) is 13.8 Å². The topological polar surface area (TPSA) is 54.3 Å². The molecule has 0 heterocycles. The van der Waals surface area contributed by atoms with Crippen LogP contribution in [0.25, 0.3) is 0 Å². The number of rotatable bonds is 6. The maximum Gasteiger partial charge on any atom is 0.176 e. The monoisotopic (exact) mass is 158 g/mol. The fourth-order valence-electron chi connectivity index (χ4n) is 0.667. The minimum Gasteiger partial charge on any atom is -0.351 e. The van der Waals surface area contributed by atoms with Gasteiger partial charge in [0.25, 0.3) is 0 Å². The molecule has 11 heavy (non-hydrogen) atoms. The van der Waals surface area contributed by atoms with E-state index >= 15 is 0 Å². The van der Waals surface area contributed by atoms with Gasteiger partial charge in [-0.1, -0.05) is 0 Å². The van der Waals surface area contributed by atoms with Crippen molar-refractivity contribution in [1.29, 1.82) is 5.26 Å². The highest BCUT2D eigenvalue weighted by Crippen LogP contribution is 1.92. The van der Waals surface area contributed by atoms with Crippen LogP contribution in [0.2, 0.25) is 0 Å². The largest absolute Gasteiger partial charge is 0.351 e. The van der Waals surface area contributed by atoms with Gasteiger partial charge in [-0.2, -0.15) is 5.26 Å². The standard InChI is InChI=1S/C7H14N2O2/c1-3-10-7(11-4-2)5-9-6-8/h7,9H,3-5H2,1-2H3. The first kappa shape index (κ1) is 10.2. The molecule has 0 aromatic carbocycles. The number of nitrogens with one attached hydrogen (secondary N) is 1. The smallest absolute Gasteiger partial charge is 0.176 e. The van der Waals surface area contributed by atoms with E-state index in [1.807, 2.05) is 13.8 Å². The highest BCUT2D eigenvalue weighted by atomic mass is 16.7. The van der Waals surface area contributed by atoms with Crippen molar-refractivity contribution in [3.8, 4) is 6.19 Å². The van der Waals surface area contributed by atoms with E-state index in [-0.39, 0.29) is 6.29 Å². The van der Waals surface area contributed by atoms with Gasteiger partial charge in [0.15, 0.2) is 12.5 Å². The Hall–Kier alpha value is -0.790. The van der Waals surface area contributed by atoms with Gasteiger partial charge in [0.1, 0.15) is 0 Å². The second-order valence-electron chi connectivity index (χ2n) is 1.83. The summed E-state index contributed by atoms with van der Waals surface area (Å²) >= 11 is 0. The Kier molecular flexibility index (Phi) is 6.79. The average Bonchev–Trinajstić information content (AvgIpc) is 2.01. The lowest BCUT2D eigenvalue weighted by Crippen LogP contribution is -2.29. The van der Waals surface area contributed by atoms with Gasteiger partial charge >= 0.3 is 0 Å². The predicted molar refractivity (Wildman–Crippen MR) is 40.7 cm³/mol. The molecule has 0 radical (unpaired) electrons. The fraction of sp³-hybridized carbons (Fsp3) is 0.857. The molecule has 0 aliphatic carbocycles. The molecule has 0 bridgehead atoms. The third kappa shape index (κ3) is 5.64. The Balaban J connectivity index is 3.44. The van der Waals surface area contributed by atoms with Gasteiger partial charge in [0.05, 0.1) is 6.54 Å². The predicted octanol–water partition coefficient (Wildman–Crippen LogP) is 0.456. The van der Waals surface area contributed by atoms with E-state index in [2.05, 4.69) is 5.32 Å². The maximum atomic E-state index is 8.18. The average molecular weight is 158 g/mol. The van der Waals surface area contributed by atoms with Crippen LogP contribution in [0.5, 0.6) is 0 Å². The van der Waals surface area contributed by atoms with E-state index in [1.54, 1.807) is 6.19 Å². The highest BCUT2D eigenvalue weighted by molar-refractivity contribution is 4.65. The van der Waals surface area contributed by atoms with Crippen molar-refractivity contribution in [3.63, 3.8) is 0 Å². The number of ether oxygens (including phenoxy) is 2. The van der Waals surface area contributed by atoms with Crippen LogP contribution in [-0.4, -0.2) is 26.0 Å². The summed E-state index contributed by atoms with van der Waals surface area (Å²) in [4.78, 5) is 0. The van der Waals surface area contributed by atoms with Gasteiger partial charge in [-0.15, -0.1) is 0 Å². The molecule has 4 nitrogen and oxygen atoms in total. The molecule has 0 atom stereocenters. The molecule has 0 aliphatic rings. The molecular weight excluding hydrogens is 144 g/mol. The number of hydrogen-bond acceptors (Lipinski definition) is 4. The van der Waals surface area contributed by atoms with Crippen LogP contribution in [0.3, 0.4) is 0 Å². The molecule has 0 aromatic heterocycles. The molecule has 0 saturated carbocycles. The van der Waals surface area contributed by atoms with Crippen molar-refractivity contribution in [3.05, 3.63) is 0 Å². The van der Waals surface area contributed by atoms with Crippen molar-refractivity contribution in [2.75, 3.05) is 19.8 Å². The molecule has 0 rings (SSSR count). The van der Waals surface area contributed by atoms with Crippen LogP contribution in [0.4, 0.5) is 0 Å². The van der Waals surface area contributed by atoms with E-state index < -0.39 is 0 Å². The molecular formula is C7H14N2O2. The molecule has 0 aromatic rings. The summed E-state index contributed by atoms with van der Waals surface area (Å²) in [5.41, 5.74) is 0. The van der Waals surface area contributed by atoms with Crippen LogP contribution >= 0.6 is 0 Å². The molecule has 0 saturated heterocycles. The van der Waals surface area contributed by atoms with Crippen molar-refractivity contribution < 1.29 is 9.47 Å². The Morgan fingerprint density at radius 2 is 1.91 bits per heavy atom. The first-order chi connectivity index (χ1) is 5.35. The van der Waals surface area contributed by atoms with Crippen molar-refractivity contribution in [1.82, 2.24) is 5.32 Å². The third-order valence-electron chi connectivity index (χ3n) is 1.05. The molecule has 0 spiro atoms. The molecule has 0 aliphatic heterocycles. The molecule has 64 valence electrons. The third-order valence-corrected chi connectivity index (χ3v) is 1.05. The van der Waals surface area contributed by atoms with Gasteiger partial charge in [-0.05, 0) is 13.8 Å². The van der Waals surface area contributed by atoms with Crippen LogP contribution in [0.15, 0.2) is 0 Å². The molecule has 0 fully saturated rings. The lowest BCUT2D eigenvalue weighted by atomic mass is 10.6. The van der Waals surface area contributed by atoms with Gasteiger partial charge in [0.2, 0.25) is 0 Å². The van der Waals surface area contributed by atoms with E-state index in [0.717, 1.165) is 0 Å². The zero-order valence-electron chi connectivity index (χ0n) is 6.96. The van der Waals surface area contributed by atoms with Crippen molar-refractivity contribution >= 4 is 0 Å². The summed E-state index contributed by atoms with van der Waals surface area (Å²) in [5, 5.41) is 10.7. The number of nitriles is 1. The van der Waals surface area contributed by atoms with Gasteiger partial charge in [-0.25, -0.2) is 0 Å². The highest BCUT2D eigenvalue weighted by Gasteiger charge is 2.05. The summed E-state index contributed by atoms with van der Waals surface area (Å²) in [7, 11) is 0. The Bertz CT molecular complexity index is 116. The van der Waals surface area contributed by atoms with Crippen molar-refractivity contribution in [2.24, 2.45) is 0 Å². The van der Waals surface area contributed by atoms with E-state index in [1.165, 1.54) is 0 Å². The molecule has 0 unspecified atom stereocenters. The number of hydrogen-bond donors (Lipinski definition) is 1. The van der Waals surface area contributed by atoms with Crippen LogP contribution < -0.4 is 5.32 Å². The van der Waals surface area contributed by atoms with E-state index in [4.69, 9.17) is 14.7 Å². The minimum absolute atomic E-state index is 0.301. The van der Waals surface area contributed by atoms with Crippen LogP contribution in [0, 0.1) is 11.5 Å². The van der Waals surface area contributed by atoms with E-state index in [9.17, 15) is 0 Å². The second kappa shape index (κ2) is 7.32. The summed E-state index contributed by atoms with van der Waals surface area (Å²) < 4.78 is 10.3. The van der Waals surface area contributed by atoms with Crippen molar-refractivity contribution in [2.45, 2.75) is 20.1 Å². The Morgan fingerprint density at radius 3 is 2.27 bits per heavy atom. The number of nitrogens with zero attached hydrogens (tertiary/aromatic N) is 1. The lowest BCUT2D eigenvalue weighted by molar-refractivity contribution is -0.131. The fourth-order valence-corrected chi connectivity index (χ4v) is 0.667. The summed E-state index contributed by atoms with van der Waals surface area (Å²) in [6, 6.07) is 0. The summed E-state index contributed by atoms with van der Waals surface area (Å²) in [6.07, 6.45) is 1.50. The zero-order valence-corrected chi connectivity index (χ0v) is 6.96.